The number of carbonyl (C=O) groups excluding carboxylic acids is 1. The lowest BCUT2D eigenvalue weighted by molar-refractivity contribution is -0.132. The quantitative estimate of drug-likeness (QED) is 0.429. The summed E-state index contributed by atoms with van der Waals surface area (Å²) in [6.45, 7) is 9.01. The molecule has 3 unspecified atom stereocenters. The summed E-state index contributed by atoms with van der Waals surface area (Å²) in [7, 11) is 0. The van der Waals surface area contributed by atoms with Crippen molar-refractivity contribution < 1.29 is 4.79 Å². The van der Waals surface area contributed by atoms with Crippen molar-refractivity contribution in [2.45, 2.75) is 57.0 Å². The highest BCUT2D eigenvalue weighted by molar-refractivity contribution is 8.00. The second-order valence-corrected chi connectivity index (χ2v) is 11.3. The van der Waals surface area contributed by atoms with Gasteiger partial charge < -0.3 is 9.47 Å². The molecule has 1 aliphatic rings. The molecule has 170 valence electrons. The van der Waals surface area contributed by atoms with Gasteiger partial charge in [-0.2, -0.15) is 0 Å². The van der Waals surface area contributed by atoms with Crippen LogP contribution in [0.15, 0.2) is 53.0 Å². The van der Waals surface area contributed by atoms with Gasteiger partial charge in [-0.3, -0.25) is 4.79 Å². The monoisotopic (exact) mass is 468 g/mol. The standard InChI is InChI=1S/C25H32N4OS2/c1-18-14-19(2)17-28(16-18)24(30)20(3)32-25-27-26-23(15-22-10-7-13-31-22)29(25)12-11-21-8-5-4-6-9-21/h4-10,13,18-20H,11-12,14-17H2,1-3H3. The van der Waals surface area contributed by atoms with Crippen LogP contribution in [-0.4, -0.2) is 43.9 Å². The van der Waals surface area contributed by atoms with Crippen molar-refractivity contribution in [2.24, 2.45) is 11.8 Å². The lowest BCUT2D eigenvalue weighted by Crippen LogP contribution is -2.45. The van der Waals surface area contributed by atoms with Crippen LogP contribution in [0.1, 0.15) is 43.5 Å². The molecule has 1 aromatic carbocycles. The average Bonchev–Trinajstić information content (AvgIpc) is 3.42. The first-order valence-electron chi connectivity index (χ1n) is 11.4. The van der Waals surface area contributed by atoms with E-state index >= 15 is 0 Å². The zero-order valence-electron chi connectivity index (χ0n) is 19.1. The third kappa shape index (κ3) is 5.81. The van der Waals surface area contributed by atoms with Gasteiger partial charge in [-0.1, -0.05) is 62.0 Å². The minimum absolute atomic E-state index is 0.179. The SMILES string of the molecule is CC1CC(C)CN(C(=O)C(C)Sc2nnc(Cc3cccs3)n2CCc2ccccc2)C1. The van der Waals surface area contributed by atoms with Crippen molar-refractivity contribution in [3.05, 3.63) is 64.1 Å². The Balaban J connectivity index is 1.50. The summed E-state index contributed by atoms with van der Waals surface area (Å²) in [4.78, 5) is 16.5. The largest absolute Gasteiger partial charge is 0.341 e. The number of thioether (sulfide) groups is 1. The normalized spacial score (nSPS) is 19.8. The molecule has 3 atom stereocenters. The minimum Gasteiger partial charge on any atom is -0.341 e. The van der Waals surface area contributed by atoms with Crippen molar-refractivity contribution >= 4 is 29.0 Å². The smallest absolute Gasteiger partial charge is 0.235 e. The molecule has 0 bridgehead atoms. The molecule has 0 spiro atoms. The summed E-state index contributed by atoms with van der Waals surface area (Å²) in [5.74, 6) is 2.30. The maximum Gasteiger partial charge on any atom is 0.235 e. The van der Waals surface area contributed by atoms with Gasteiger partial charge in [-0.25, -0.2) is 0 Å². The van der Waals surface area contributed by atoms with Crippen molar-refractivity contribution in [1.29, 1.82) is 0 Å². The first kappa shape index (κ1) is 23.1. The number of piperidine rings is 1. The Morgan fingerprint density at radius 2 is 1.88 bits per heavy atom. The summed E-state index contributed by atoms with van der Waals surface area (Å²) >= 11 is 3.28. The van der Waals surface area contributed by atoms with Gasteiger partial charge in [0.1, 0.15) is 5.82 Å². The molecular formula is C25H32N4OS2. The number of thiophene rings is 1. The molecule has 0 aliphatic carbocycles. The van der Waals surface area contributed by atoms with Gasteiger partial charge in [-0.05, 0) is 48.6 Å². The van der Waals surface area contributed by atoms with Crippen LogP contribution in [0.25, 0.3) is 0 Å². The minimum atomic E-state index is -0.179. The van der Waals surface area contributed by atoms with Gasteiger partial charge in [0.25, 0.3) is 0 Å². The van der Waals surface area contributed by atoms with E-state index in [1.54, 1.807) is 23.1 Å². The Bertz CT molecular complexity index is 992. The highest BCUT2D eigenvalue weighted by Crippen LogP contribution is 2.28. The number of carbonyl (C=O) groups is 1. The zero-order chi connectivity index (χ0) is 22.5. The van der Waals surface area contributed by atoms with Crippen molar-refractivity contribution in [1.82, 2.24) is 19.7 Å². The maximum absolute atomic E-state index is 13.2. The Hall–Kier alpha value is -2.12. The van der Waals surface area contributed by atoms with Crippen LogP contribution >= 0.6 is 23.1 Å². The first-order chi connectivity index (χ1) is 15.5. The molecule has 1 aliphatic heterocycles. The van der Waals surface area contributed by atoms with E-state index in [1.165, 1.54) is 16.9 Å². The van der Waals surface area contributed by atoms with Gasteiger partial charge >= 0.3 is 0 Å². The average molecular weight is 469 g/mol. The number of hydrogen-bond donors (Lipinski definition) is 0. The van der Waals surface area contributed by atoms with Crippen LogP contribution < -0.4 is 0 Å². The van der Waals surface area contributed by atoms with Crippen LogP contribution in [-0.2, 0) is 24.2 Å². The number of amides is 1. The molecule has 0 saturated carbocycles. The van der Waals surface area contributed by atoms with E-state index in [0.717, 1.165) is 43.5 Å². The van der Waals surface area contributed by atoms with E-state index in [2.05, 4.69) is 70.4 Å². The molecule has 4 rings (SSSR count). The van der Waals surface area contributed by atoms with E-state index < -0.39 is 0 Å². The van der Waals surface area contributed by atoms with E-state index in [4.69, 9.17) is 0 Å². The van der Waals surface area contributed by atoms with Crippen LogP contribution in [0.4, 0.5) is 0 Å². The topological polar surface area (TPSA) is 51.0 Å². The van der Waals surface area contributed by atoms with Crippen LogP contribution in [0.3, 0.4) is 0 Å². The summed E-state index contributed by atoms with van der Waals surface area (Å²) in [6.07, 6.45) is 2.88. The number of benzene rings is 1. The molecule has 1 amide bonds. The van der Waals surface area contributed by atoms with Gasteiger partial charge in [0.15, 0.2) is 5.16 Å². The molecule has 0 radical (unpaired) electrons. The number of rotatable bonds is 8. The predicted molar refractivity (Wildman–Crippen MR) is 132 cm³/mol. The van der Waals surface area contributed by atoms with Gasteiger partial charge in [0.05, 0.1) is 5.25 Å². The Morgan fingerprint density at radius 1 is 1.12 bits per heavy atom. The van der Waals surface area contributed by atoms with E-state index in [1.807, 2.05) is 17.9 Å². The van der Waals surface area contributed by atoms with Crippen LogP contribution in [0.5, 0.6) is 0 Å². The predicted octanol–water partition coefficient (Wildman–Crippen LogP) is 5.16. The number of aromatic nitrogens is 3. The fourth-order valence-corrected chi connectivity index (χ4v) is 6.20. The first-order valence-corrected chi connectivity index (χ1v) is 13.2. The fraction of sp³-hybridized carbons (Fsp3) is 0.480. The number of hydrogen-bond acceptors (Lipinski definition) is 5. The van der Waals surface area contributed by atoms with E-state index in [-0.39, 0.29) is 11.2 Å². The molecule has 7 heteroatoms. The van der Waals surface area contributed by atoms with E-state index in [0.29, 0.717) is 11.8 Å². The Kier molecular flexibility index (Phi) is 7.68. The Labute approximate surface area is 199 Å². The summed E-state index contributed by atoms with van der Waals surface area (Å²) in [6, 6.07) is 14.7. The summed E-state index contributed by atoms with van der Waals surface area (Å²) in [5, 5.41) is 11.8. The highest BCUT2D eigenvalue weighted by Gasteiger charge is 2.29. The summed E-state index contributed by atoms with van der Waals surface area (Å²) < 4.78 is 2.21. The van der Waals surface area contributed by atoms with Crippen molar-refractivity contribution in [3.8, 4) is 0 Å². The molecular weight excluding hydrogens is 436 g/mol. The number of aryl methyl sites for hydroxylation is 1. The molecule has 0 N–H and O–H groups in total. The summed E-state index contributed by atoms with van der Waals surface area (Å²) in [5.41, 5.74) is 1.29. The molecule has 3 aromatic rings. The zero-order valence-corrected chi connectivity index (χ0v) is 20.7. The third-order valence-electron chi connectivity index (χ3n) is 5.98. The maximum atomic E-state index is 13.2. The van der Waals surface area contributed by atoms with Gasteiger partial charge in [-0.15, -0.1) is 21.5 Å². The molecule has 1 saturated heterocycles. The van der Waals surface area contributed by atoms with E-state index in [9.17, 15) is 4.79 Å². The highest BCUT2D eigenvalue weighted by atomic mass is 32.2. The lowest BCUT2D eigenvalue weighted by Gasteiger charge is -2.36. The fourth-order valence-electron chi connectivity index (χ4n) is 4.52. The molecule has 32 heavy (non-hydrogen) atoms. The number of likely N-dealkylation sites (tertiary alicyclic amines) is 1. The van der Waals surface area contributed by atoms with Crippen molar-refractivity contribution in [2.75, 3.05) is 13.1 Å². The lowest BCUT2D eigenvalue weighted by atomic mass is 9.92. The third-order valence-corrected chi connectivity index (χ3v) is 7.93. The van der Waals surface area contributed by atoms with Crippen molar-refractivity contribution in [3.63, 3.8) is 0 Å². The van der Waals surface area contributed by atoms with Crippen LogP contribution in [0, 0.1) is 11.8 Å². The van der Waals surface area contributed by atoms with Crippen LogP contribution in [0.2, 0.25) is 0 Å². The molecule has 1 fully saturated rings. The second kappa shape index (κ2) is 10.7. The van der Waals surface area contributed by atoms with Gasteiger partial charge in [0, 0.05) is 30.9 Å². The molecule has 3 heterocycles. The number of nitrogens with zero attached hydrogens (tertiary/aromatic N) is 4. The second-order valence-electron chi connectivity index (χ2n) is 8.99. The van der Waals surface area contributed by atoms with Gasteiger partial charge in [0.2, 0.25) is 5.91 Å². The molecule has 5 nitrogen and oxygen atoms in total. The molecule has 2 aromatic heterocycles. The Morgan fingerprint density at radius 3 is 2.56 bits per heavy atom.